The van der Waals surface area contributed by atoms with E-state index in [-0.39, 0.29) is 12.0 Å². The number of hydrogen-bond donors (Lipinski definition) is 2. The van der Waals surface area contributed by atoms with Crippen molar-refractivity contribution in [1.82, 2.24) is 5.32 Å². The van der Waals surface area contributed by atoms with Crippen molar-refractivity contribution in [3.05, 3.63) is 30.2 Å². The van der Waals surface area contributed by atoms with Gasteiger partial charge in [0.05, 0.1) is 30.9 Å². The second-order valence-corrected chi connectivity index (χ2v) is 5.51. The topological polar surface area (TPSA) is 84.8 Å². The number of benzene rings is 1. The largest absolute Gasteiger partial charge is 0.492 e. The van der Waals surface area contributed by atoms with Crippen LogP contribution in [0.2, 0.25) is 0 Å². The van der Waals surface area contributed by atoms with Gasteiger partial charge < -0.3 is 24.0 Å². The van der Waals surface area contributed by atoms with E-state index < -0.39 is 5.97 Å². The number of nitrogens with one attached hydrogen (secondary N) is 1. The first-order chi connectivity index (χ1) is 10.7. The van der Waals surface area contributed by atoms with Crippen molar-refractivity contribution in [3.63, 3.8) is 0 Å². The van der Waals surface area contributed by atoms with Gasteiger partial charge in [-0.3, -0.25) is 4.79 Å². The molecule has 3 aromatic rings. The summed E-state index contributed by atoms with van der Waals surface area (Å²) in [6.07, 6.45) is 3.75. The Kier molecular flexibility index (Phi) is 2.87. The van der Waals surface area contributed by atoms with Crippen molar-refractivity contribution in [3.8, 4) is 5.75 Å². The molecule has 1 aromatic carbocycles. The lowest BCUT2D eigenvalue weighted by molar-refractivity contribution is -0.141. The van der Waals surface area contributed by atoms with Gasteiger partial charge in [0.15, 0.2) is 11.3 Å². The average Bonchev–Trinajstić information content (AvgIpc) is 3.23. The van der Waals surface area contributed by atoms with E-state index in [2.05, 4.69) is 5.32 Å². The highest BCUT2D eigenvalue weighted by Gasteiger charge is 2.34. The third-order valence-corrected chi connectivity index (χ3v) is 4.35. The molecule has 2 unspecified atom stereocenters. The summed E-state index contributed by atoms with van der Waals surface area (Å²) in [6, 6.07) is 3.62. The Morgan fingerprint density at radius 3 is 2.68 bits per heavy atom. The quantitative estimate of drug-likeness (QED) is 0.773. The van der Waals surface area contributed by atoms with Gasteiger partial charge >= 0.3 is 5.97 Å². The first kappa shape index (κ1) is 13.2. The number of carboxylic acids is 1. The smallest absolute Gasteiger partial charge is 0.307 e. The highest BCUT2D eigenvalue weighted by molar-refractivity contribution is 6.04. The maximum absolute atomic E-state index is 11.2. The zero-order chi connectivity index (χ0) is 15.3. The molecule has 0 amide bonds. The van der Waals surface area contributed by atoms with Crippen LogP contribution in [0.4, 0.5) is 0 Å². The van der Waals surface area contributed by atoms with E-state index in [0.29, 0.717) is 29.9 Å². The summed E-state index contributed by atoms with van der Waals surface area (Å²) in [5.74, 6) is -0.526. The van der Waals surface area contributed by atoms with Crippen molar-refractivity contribution in [2.45, 2.75) is 12.5 Å². The van der Waals surface area contributed by atoms with Gasteiger partial charge in [-0.05, 0) is 18.6 Å². The second kappa shape index (κ2) is 4.78. The van der Waals surface area contributed by atoms with Gasteiger partial charge in [0.1, 0.15) is 5.58 Å². The third-order valence-electron chi connectivity index (χ3n) is 4.35. The SMILES string of the molecule is COc1c2ccoc2c(C2CC(C(=O)O)CN2)c2ccoc12. The van der Waals surface area contributed by atoms with Crippen LogP contribution in [0, 0.1) is 5.92 Å². The van der Waals surface area contributed by atoms with Crippen LogP contribution < -0.4 is 10.1 Å². The second-order valence-electron chi connectivity index (χ2n) is 5.51. The standard InChI is InChI=1S/C16H15NO5/c1-20-14-10-3-5-21-13(10)12(9-2-4-22-15(9)14)11-6-8(7-17-11)16(18)19/h2-5,8,11,17H,6-7H2,1H3,(H,18,19). The van der Waals surface area contributed by atoms with Crippen molar-refractivity contribution >= 4 is 27.9 Å². The molecule has 0 aliphatic carbocycles. The van der Waals surface area contributed by atoms with Crippen LogP contribution in [-0.2, 0) is 4.79 Å². The molecule has 6 heteroatoms. The molecular formula is C16H15NO5. The number of ether oxygens (including phenoxy) is 1. The molecule has 1 fully saturated rings. The molecule has 2 aromatic heterocycles. The number of rotatable bonds is 3. The Morgan fingerprint density at radius 1 is 1.27 bits per heavy atom. The molecule has 2 N–H and O–H groups in total. The van der Waals surface area contributed by atoms with Crippen LogP contribution in [-0.4, -0.2) is 24.7 Å². The monoisotopic (exact) mass is 301 g/mol. The highest BCUT2D eigenvalue weighted by atomic mass is 16.5. The molecule has 6 nitrogen and oxygen atoms in total. The third kappa shape index (κ3) is 1.74. The van der Waals surface area contributed by atoms with E-state index in [1.54, 1.807) is 19.6 Å². The Morgan fingerprint density at radius 2 is 2.00 bits per heavy atom. The number of carbonyl (C=O) groups is 1. The number of carboxylic acid groups (broad SMARTS) is 1. The summed E-state index contributed by atoms with van der Waals surface area (Å²) in [5.41, 5.74) is 2.31. The van der Waals surface area contributed by atoms with Gasteiger partial charge in [0, 0.05) is 23.5 Å². The lowest BCUT2D eigenvalue weighted by Gasteiger charge is -2.14. The van der Waals surface area contributed by atoms with Gasteiger partial charge in [-0.2, -0.15) is 0 Å². The van der Waals surface area contributed by atoms with Crippen LogP contribution in [0.1, 0.15) is 18.0 Å². The molecule has 1 saturated heterocycles. The average molecular weight is 301 g/mol. The number of hydrogen-bond acceptors (Lipinski definition) is 5. The summed E-state index contributed by atoms with van der Waals surface area (Å²) in [7, 11) is 1.59. The summed E-state index contributed by atoms with van der Waals surface area (Å²) in [6.45, 7) is 0.452. The molecule has 0 radical (unpaired) electrons. The minimum absolute atomic E-state index is 0.0826. The van der Waals surface area contributed by atoms with Crippen molar-refractivity contribution in [2.75, 3.05) is 13.7 Å². The molecule has 4 rings (SSSR count). The van der Waals surface area contributed by atoms with Crippen LogP contribution in [0.25, 0.3) is 21.9 Å². The molecule has 0 bridgehead atoms. The Hall–Kier alpha value is -2.47. The number of aliphatic carboxylic acids is 1. The lowest BCUT2D eigenvalue weighted by Crippen LogP contribution is -2.17. The Labute approximate surface area is 125 Å². The molecule has 0 spiro atoms. The van der Waals surface area contributed by atoms with Crippen LogP contribution in [0.15, 0.2) is 33.5 Å². The highest BCUT2D eigenvalue weighted by Crippen LogP contribution is 2.44. The molecule has 114 valence electrons. The predicted molar refractivity (Wildman–Crippen MR) is 79.0 cm³/mol. The number of methoxy groups -OCH3 is 1. The molecule has 3 heterocycles. The fraction of sp³-hybridized carbons (Fsp3) is 0.312. The molecule has 0 saturated carbocycles. The summed E-state index contributed by atoms with van der Waals surface area (Å²) in [5, 5.41) is 14.2. The minimum Gasteiger partial charge on any atom is -0.492 e. The molecule has 2 atom stereocenters. The van der Waals surface area contributed by atoms with E-state index in [1.807, 2.05) is 12.1 Å². The first-order valence-corrected chi connectivity index (χ1v) is 7.11. The van der Waals surface area contributed by atoms with Crippen molar-refractivity contribution in [2.24, 2.45) is 5.92 Å². The zero-order valence-corrected chi connectivity index (χ0v) is 12.0. The van der Waals surface area contributed by atoms with E-state index >= 15 is 0 Å². The van der Waals surface area contributed by atoms with E-state index in [4.69, 9.17) is 13.6 Å². The Bertz CT molecular complexity index is 810. The molecule has 22 heavy (non-hydrogen) atoms. The van der Waals surface area contributed by atoms with Gasteiger partial charge in [-0.15, -0.1) is 0 Å². The van der Waals surface area contributed by atoms with Crippen molar-refractivity contribution in [1.29, 1.82) is 0 Å². The van der Waals surface area contributed by atoms with Crippen LogP contribution in [0.3, 0.4) is 0 Å². The van der Waals surface area contributed by atoms with Gasteiger partial charge in [-0.25, -0.2) is 0 Å². The lowest BCUT2D eigenvalue weighted by atomic mass is 9.95. The van der Waals surface area contributed by atoms with E-state index in [9.17, 15) is 9.90 Å². The molecular weight excluding hydrogens is 286 g/mol. The number of fused-ring (bicyclic) bond motifs is 2. The van der Waals surface area contributed by atoms with E-state index in [1.165, 1.54) is 0 Å². The first-order valence-electron chi connectivity index (χ1n) is 7.11. The fourth-order valence-corrected chi connectivity index (χ4v) is 3.33. The molecule has 1 aliphatic heterocycles. The minimum atomic E-state index is -0.775. The number of furan rings is 2. The van der Waals surface area contributed by atoms with Gasteiger partial charge in [-0.1, -0.05) is 0 Å². The van der Waals surface area contributed by atoms with Gasteiger partial charge in [0.2, 0.25) is 0 Å². The van der Waals surface area contributed by atoms with Crippen LogP contribution >= 0.6 is 0 Å². The van der Waals surface area contributed by atoms with Crippen molar-refractivity contribution < 1.29 is 23.5 Å². The Balaban J connectivity index is 1.94. The summed E-state index contributed by atoms with van der Waals surface area (Å²) < 4.78 is 16.7. The summed E-state index contributed by atoms with van der Waals surface area (Å²) >= 11 is 0. The molecule has 1 aliphatic rings. The fourth-order valence-electron chi connectivity index (χ4n) is 3.33. The summed E-state index contributed by atoms with van der Waals surface area (Å²) in [4.78, 5) is 11.2. The maximum atomic E-state index is 11.2. The van der Waals surface area contributed by atoms with E-state index in [0.717, 1.165) is 16.3 Å². The maximum Gasteiger partial charge on any atom is 0.307 e. The predicted octanol–water partition coefficient (Wildman–Crippen LogP) is 2.92. The normalized spacial score (nSPS) is 21.7. The van der Waals surface area contributed by atoms with Gasteiger partial charge in [0.25, 0.3) is 0 Å². The zero-order valence-electron chi connectivity index (χ0n) is 12.0. The van der Waals surface area contributed by atoms with Crippen LogP contribution in [0.5, 0.6) is 5.75 Å².